The fraction of sp³-hybridized carbons (Fsp3) is 0.308. The summed E-state index contributed by atoms with van der Waals surface area (Å²) in [7, 11) is 0. The molecule has 0 spiro atoms. The highest BCUT2D eigenvalue weighted by atomic mass is 79.9. The normalized spacial score (nSPS) is 12.7. The second kappa shape index (κ2) is 4.83. The quantitative estimate of drug-likeness (QED) is 0.841. The van der Waals surface area contributed by atoms with E-state index in [1.807, 2.05) is 18.2 Å². The number of rotatable bonds is 3. The Kier molecular flexibility index (Phi) is 3.44. The zero-order valence-electron chi connectivity index (χ0n) is 9.40. The van der Waals surface area contributed by atoms with Gasteiger partial charge in [0.15, 0.2) is 0 Å². The number of fused-ring (bicyclic) bond motifs is 1. The van der Waals surface area contributed by atoms with E-state index in [1.165, 1.54) is 0 Å². The van der Waals surface area contributed by atoms with Crippen molar-refractivity contribution in [1.82, 2.24) is 4.98 Å². The smallest absolute Gasteiger partial charge is 0.221 e. The summed E-state index contributed by atoms with van der Waals surface area (Å²) in [6.07, 6.45) is 2.96. The molecule has 1 unspecified atom stereocenters. The Bertz CT molecular complexity index is 498. The van der Waals surface area contributed by atoms with Crippen molar-refractivity contribution in [3.05, 3.63) is 34.9 Å². The first kappa shape index (κ1) is 11.4. The fourth-order valence-electron chi connectivity index (χ4n) is 1.50. The molecule has 0 fully saturated rings. The molecular weight excluding hydrogens is 266 g/mol. The van der Waals surface area contributed by atoms with Crippen LogP contribution in [0.4, 0.5) is 0 Å². The molecule has 0 radical (unpaired) electrons. The van der Waals surface area contributed by atoms with E-state index in [0.29, 0.717) is 5.88 Å². The zero-order chi connectivity index (χ0) is 11.5. The molecule has 0 aliphatic carbocycles. The number of aromatic nitrogens is 1. The Morgan fingerprint density at radius 2 is 2.00 bits per heavy atom. The number of hydrogen-bond acceptors (Lipinski definition) is 2. The maximum atomic E-state index is 5.80. The molecule has 84 valence electrons. The zero-order valence-corrected chi connectivity index (χ0v) is 11.0. The molecule has 0 amide bonds. The van der Waals surface area contributed by atoms with Crippen LogP contribution in [0.1, 0.15) is 20.3 Å². The fourth-order valence-corrected chi connectivity index (χ4v) is 1.95. The van der Waals surface area contributed by atoms with Crippen LogP contribution in [0.25, 0.3) is 10.8 Å². The Morgan fingerprint density at radius 1 is 1.31 bits per heavy atom. The number of nitrogens with zero attached hydrogens (tertiary/aromatic N) is 1. The van der Waals surface area contributed by atoms with E-state index in [1.54, 1.807) is 6.20 Å². The highest BCUT2D eigenvalue weighted by Gasteiger charge is 2.08. The van der Waals surface area contributed by atoms with Gasteiger partial charge < -0.3 is 4.74 Å². The van der Waals surface area contributed by atoms with Gasteiger partial charge in [-0.3, -0.25) is 0 Å². The summed E-state index contributed by atoms with van der Waals surface area (Å²) in [5, 5.41) is 2.19. The largest absolute Gasteiger partial charge is 0.474 e. The molecular formula is C13H14BrNO. The molecule has 0 N–H and O–H groups in total. The van der Waals surface area contributed by atoms with Gasteiger partial charge >= 0.3 is 0 Å². The van der Waals surface area contributed by atoms with Crippen LogP contribution in [0, 0.1) is 0 Å². The molecule has 16 heavy (non-hydrogen) atoms. The highest BCUT2D eigenvalue weighted by Crippen LogP contribution is 2.29. The molecule has 1 aromatic heterocycles. The molecule has 2 rings (SSSR count). The molecule has 0 saturated heterocycles. The highest BCUT2D eigenvalue weighted by molar-refractivity contribution is 9.10. The predicted octanol–water partition coefficient (Wildman–Crippen LogP) is 4.17. The first-order valence-corrected chi connectivity index (χ1v) is 6.21. The van der Waals surface area contributed by atoms with E-state index in [4.69, 9.17) is 4.74 Å². The summed E-state index contributed by atoms with van der Waals surface area (Å²) in [5.74, 6) is 0.716. The van der Waals surface area contributed by atoms with E-state index in [0.717, 1.165) is 21.7 Å². The summed E-state index contributed by atoms with van der Waals surface area (Å²) in [6, 6.07) is 8.11. The van der Waals surface area contributed by atoms with Gasteiger partial charge in [0.2, 0.25) is 5.88 Å². The Hall–Kier alpha value is -1.09. The van der Waals surface area contributed by atoms with Gasteiger partial charge in [-0.05, 0) is 35.3 Å². The predicted molar refractivity (Wildman–Crippen MR) is 69.8 cm³/mol. The van der Waals surface area contributed by atoms with Crippen LogP contribution in [-0.4, -0.2) is 11.1 Å². The monoisotopic (exact) mass is 279 g/mol. The third-order valence-corrected chi connectivity index (χ3v) is 3.23. The maximum Gasteiger partial charge on any atom is 0.221 e. The van der Waals surface area contributed by atoms with Crippen LogP contribution in [0.15, 0.2) is 34.9 Å². The molecule has 0 bridgehead atoms. The minimum Gasteiger partial charge on any atom is -0.474 e. The maximum absolute atomic E-state index is 5.80. The lowest BCUT2D eigenvalue weighted by Gasteiger charge is -2.13. The number of benzene rings is 1. The van der Waals surface area contributed by atoms with E-state index in [-0.39, 0.29) is 6.10 Å². The van der Waals surface area contributed by atoms with Crippen LogP contribution < -0.4 is 4.74 Å². The number of ether oxygens (including phenoxy) is 1. The van der Waals surface area contributed by atoms with Crippen LogP contribution in [0.2, 0.25) is 0 Å². The molecule has 3 heteroatoms. The summed E-state index contributed by atoms with van der Waals surface area (Å²) in [5.41, 5.74) is 0. The van der Waals surface area contributed by atoms with Gasteiger partial charge in [0.25, 0.3) is 0 Å². The average molecular weight is 280 g/mol. The Labute approximate surface area is 104 Å². The molecule has 1 atom stereocenters. The van der Waals surface area contributed by atoms with Crippen molar-refractivity contribution in [3.63, 3.8) is 0 Å². The number of halogens is 1. The lowest BCUT2D eigenvalue weighted by atomic mass is 10.2. The summed E-state index contributed by atoms with van der Waals surface area (Å²) in [4.78, 5) is 4.33. The van der Waals surface area contributed by atoms with Gasteiger partial charge in [0.05, 0.1) is 6.10 Å². The van der Waals surface area contributed by atoms with Gasteiger partial charge in [-0.2, -0.15) is 0 Å². The third-order valence-electron chi connectivity index (χ3n) is 2.60. The Balaban J connectivity index is 2.50. The van der Waals surface area contributed by atoms with Crippen LogP contribution >= 0.6 is 15.9 Å². The second-order valence-electron chi connectivity index (χ2n) is 3.79. The average Bonchev–Trinajstić information content (AvgIpc) is 2.33. The second-order valence-corrected chi connectivity index (χ2v) is 4.65. The lowest BCUT2D eigenvalue weighted by molar-refractivity contribution is 0.211. The van der Waals surface area contributed by atoms with Crippen molar-refractivity contribution in [2.75, 3.05) is 0 Å². The van der Waals surface area contributed by atoms with E-state index in [9.17, 15) is 0 Å². The minimum atomic E-state index is 0.192. The summed E-state index contributed by atoms with van der Waals surface area (Å²) >= 11 is 3.50. The lowest BCUT2D eigenvalue weighted by Crippen LogP contribution is -2.10. The third kappa shape index (κ3) is 2.19. The minimum absolute atomic E-state index is 0.192. The summed E-state index contributed by atoms with van der Waals surface area (Å²) in [6.45, 7) is 4.16. The van der Waals surface area contributed by atoms with Crippen molar-refractivity contribution in [3.8, 4) is 5.88 Å². The SMILES string of the molecule is CCC(C)Oc1ncc(Br)c2ccccc12. The van der Waals surface area contributed by atoms with E-state index >= 15 is 0 Å². The van der Waals surface area contributed by atoms with Crippen molar-refractivity contribution < 1.29 is 4.74 Å². The summed E-state index contributed by atoms with van der Waals surface area (Å²) < 4.78 is 6.80. The van der Waals surface area contributed by atoms with Gasteiger partial charge in [0, 0.05) is 21.4 Å². The molecule has 1 aromatic carbocycles. The van der Waals surface area contributed by atoms with Gasteiger partial charge in [-0.15, -0.1) is 0 Å². The van der Waals surface area contributed by atoms with Gasteiger partial charge in [-0.25, -0.2) is 4.98 Å². The van der Waals surface area contributed by atoms with Gasteiger partial charge in [0.1, 0.15) is 0 Å². The van der Waals surface area contributed by atoms with Crippen LogP contribution in [-0.2, 0) is 0 Å². The van der Waals surface area contributed by atoms with E-state index in [2.05, 4.69) is 40.8 Å². The molecule has 2 aromatic rings. The molecule has 0 saturated carbocycles. The standard InChI is InChI=1S/C13H14BrNO/c1-3-9(2)16-13-11-7-5-4-6-10(11)12(14)8-15-13/h4-9H,3H2,1-2H3. The number of pyridine rings is 1. The van der Waals surface area contributed by atoms with Crippen molar-refractivity contribution >= 4 is 26.7 Å². The first-order valence-electron chi connectivity index (χ1n) is 5.42. The molecule has 0 aliphatic heterocycles. The van der Waals surface area contributed by atoms with Crippen molar-refractivity contribution in [1.29, 1.82) is 0 Å². The molecule has 2 nitrogen and oxygen atoms in total. The van der Waals surface area contributed by atoms with Crippen molar-refractivity contribution in [2.45, 2.75) is 26.4 Å². The van der Waals surface area contributed by atoms with Crippen molar-refractivity contribution in [2.24, 2.45) is 0 Å². The first-order chi connectivity index (χ1) is 7.72. The van der Waals surface area contributed by atoms with E-state index < -0.39 is 0 Å². The van der Waals surface area contributed by atoms with Crippen LogP contribution in [0.3, 0.4) is 0 Å². The van der Waals surface area contributed by atoms with Crippen LogP contribution in [0.5, 0.6) is 5.88 Å². The number of hydrogen-bond donors (Lipinski definition) is 0. The molecule has 0 aliphatic rings. The molecule has 1 heterocycles. The Morgan fingerprint density at radius 3 is 2.69 bits per heavy atom. The topological polar surface area (TPSA) is 22.1 Å². The van der Waals surface area contributed by atoms with Gasteiger partial charge in [-0.1, -0.05) is 25.1 Å².